The van der Waals surface area contributed by atoms with E-state index in [0.717, 1.165) is 31.7 Å². The number of nitrogens with zero attached hydrogens (tertiary/aromatic N) is 2. The summed E-state index contributed by atoms with van der Waals surface area (Å²) >= 11 is 0. The Morgan fingerprint density at radius 1 is 1.22 bits per heavy atom. The number of nitrogens with one attached hydrogen (secondary N) is 1. The minimum absolute atomic E-state index is 0.0879. The predicted molar refractivity (Wildman–Crippen MR) is 66.1 cm³/mol. The number of aromatic nitrogens is 2. The van der Waals surface area contributed by atoms with Gasteiger partial charge in [-0.25, -0.2) is 9.97 Å². The summed E-state index contributed by atoms with van der Waals surface area (Å²) in [7, 11) is 0. The number of hydrogen-bond donors (Lipinski definition) is 1. The van der Waals surface area contributed by atoms with Crippen LogP contribution in [-0.2, 0) is 9.47 Å². The van der Waals surface area contributed by atoms with Crippen LogP contribution < -0.4 is 5.32 Å². The molecule has 98 valence electrons. The van der Waals surface area contributed by atoms with Gasteiger partial charge in [-0.2, -0.15) is 0 Å². The van der Waals surface area contributed by atoms with Crippen molar-refractivity contribution in [2.24, 2.45) is 0 Å². The molecule has 0 aromatic carbocycles. The topological polar surface area (TPSA) is 56.3 Å². The molecule has 2 atom stereocenters. The Labute approximate surface area is 107 Å². The first-order valence-corrected chi connectivity index (χ1v) is 6.42. The van der Waals surface area contributed by atoms with Gasteiger partial charge in [-0.3, -0.25) is 0 Å². The molecule has 2 aliphatic rings. The summed E-state index contributed by atoms with van der Waals surface area (Å²) in [6.45, 7) is 6.50. The van der Waals surface area contributed by atoms with E-state index in [-0.39, 0.29) is 17.2 Å². The lowest BCUT2D eigenvalue weighted by atomic mass is 9.76. The van der Waals surface area contributed by atoms with Crippen LogP contribution in [0.3, 0.4) is 0 Å². The molecule has 0 radical (unpaired) electrons. The van der Waals surface area contributed by atoms with Gasteiger partial charge in [0.1, 0.15) is 11.9 Å². The molecule has 2 fully saturated rings. The van der Waals surface area contributed by atoms with E-state index in [9.17, 15) is 0 Å². The molecule has 0 amide bonds. The Morgan fingerprint density at radius 3 is 2.67 bits per heavy atom. The summed E-state index contributed by atoms with van der Waals surface area (Å²) in [5.41, 5.74) is 0.437. The minimum atomic E-state index is -0.323. The van der Waals surface area contributed by atoms with Crippen LogP contribution in [0.1, 0.15) is 31.9 Å². The lowest BCUT2D eigenvalue weighted by molar-refractivity contribution is -0.172. The van der Waals surface area contributed by atoms with Crippen molar-refractivity contribution >= 4 is 0 Å². The third-order valence-electron chi connectivity index (χ3n) is 4.15. The fourth-order valence-corrected chi connectivity index (χ4v) is 3.15. The molecule has 0 saturated carbocycles. The van der Waals surface area contributed by atoms with Crippen LogP contribution in [0.25, 0.3) is 0 Å². The molecule has 0 bridgehead atoms. The van der Waals surface area contributed by atoms with E-state index >= 15 is 0 Å². The van der Waals surface area contributed by atoms with E-state index in [1.807, 2.05) is 12.4 Å². The zero-order valence-corrected chi connectivity index (χ0v) is 10.8. The average Bonchev–Trinajstić information content (AvgIpc) is 2.67. The second-order valence-corrected chi connectivity index (χ2v) is 5.41. The van der Waals surface area contributed by atoms with Gasteiger partial charge in [0.25, 0.3) is 0 Å². The highest BCUT2D eigenvalue weighted by molar-refractivity contribution is 5.21. The smallest absolute Gasteiger partial charge is 0.118 e. The van der Waals surface area contributed by atoms with E-state index < -0.39 is 0 Å². The van der Waals surface area contributed by atoms with Crippen molar-refractivity contribution in [1.82, 2.24) is 15.3 Å². The van der Waals surface area contributed by atoms with Crippen molar-refractivity contribution < 1.29 is 9.47 Å². The first kappa shape index (κ1) is 12.0. The molecular weight excluding hydrogens is 230 g/mol. The fraction of sp³-hybridized carbons (Fsp3) is 0.692. The molecule has 3 rings (SSSR count). The van der Waals surface area contributed by atoms with Crippen molar-refractivity contribution in [3.8, 4) is 0 Å². The van der Waals surface area contributed by atoms with E-state index in [1.54, 1.807) is 6.33 Å². The maximum Gasteiger partial charge on any atom is 0.118 e. The fourth-order valence-electron chi connectivity index (χ4n) is 3.15. The average molecular weight is 249 g/mol. The molecule has 1 N–H and O–H groups in total. The molecule has 1 spiro atoms. The highest BCUT2D eigenvalue weighted by Gasteiger charge is 2.58. The molecule has 3 heterocycles. The first-order chi connectivity index (χ1) is 8.66. The van der Waals surface area contributed by atoms with Gasteiger partial charge in [-0.15, -0.1) is 0 Å². The van der Waals surface area contributed by atoms with Gasteiger partial charge in [0.2, 0.25) is 0 Å². The van der Waals surface area contributed by atoms with Crippen molar-refractivity contribution in [1.29, 1.82) is 0 Å². The van der Waals surface area contributed by atoms with Gasteiger partial charge in [0.05, 0.1) is 24.9 Å². The summed E-state index contributed by atoms with van der Waals surface area (Å²) in [4.78, 5) is 8.23. The Morgan fingerprint density at radius 2 is 2.00 bits per heavy atom. The second-order valence-electron chi connectivity index (χ2n) is 5.41. The highest BCUT2D eigenvalue weighted by atomic mass is 16.6. The van der Waals surface area contributed by atoms with Crippen LogP contribution >= 0.6 is 0 Å². The van der Waals surface area contributed by atoms with Crippen LogP contribution in [0.4, 0.5) is 0 Å². The van der Waals surface area contributed by atoms with Crippen molar-refractivity contribution in [3.63, 3.8) is 0 Å². The summed E-state index contributed by atoms with van der Waals surface area (Å²) in [6.07, 6.45) is 6.16. The predicted octanol–water partition coefficient (Wildman–Crippen LogP) is 1.08. The monoisotopic (exact) mass is 249 g/mol. The summed E-state index contributed by atoms with van der Waals surface area (Å²) < 4.78 is 12.0. The molecule has 0 aliphatic carbocycles. The molecule has 1 aromatic rings. The zero-order chi connectivity index (χ0) is 12.6. The Bertz CT molecular complexity index is 424. The van der Waals surface area contributed by atoms with Crippen molar-refractivity contribution in [2.75, 3.05) is 19.8 Å². The molecule has 5 nitrogen and oxygen atoms in total. The Kier molecular flexibility index (Phi) is 2.84. The maximum atomic E-state index is 6.17. The number of rotatable bonds is 1. The van der Waals surface area contributed by atoms with Gasteiger partial charge in [-0.1, -0.05) is 0 Å². The van der Waals surface area contributed by atoms with E-state index in [1.165, 1.54) is 0 Å². The second kappa shape index (κ2) is 4.26. The molecule has 1 aromatic heterocycles. The molecule has 2 unspecified atom stereocenters. The van der Waals surface area contributed by atoms with Gasteiger partial charge in [0, 0.05) is 30.9 Å². The highest BCUT2D eigenvalue weighted by Crippen LogP contribution is 2.48. The zero-order valence-electron chi connectivity index (χ0n) is 10.8. The standard InChI is InChI=1S/C13H19N3O2/c1-12(2)13(3-5-17-12)11(16-4-6-18-13)10-7-14-9-15-8-10/h7-9,11,16H,3-6H2,1-2H3. The van der Waals surface area contributed by atoms with Gasteiger partial charge < -0.3 is 14.8 Å². The molecule has 2 saturated heterocycles. The number of morpholine rings is 1. The van der Waals surface area contributed by atoms with Crippen LogP contribution in [0.15, 0.2) is 18.7 Å². The van der Waals surface area contributed by atoms with Crippen LogP contribution in [0, 0.1) is 0 Å². The first-order valence-electron chi connectivity index (χ1n) is 6.42. The van der Waals surface area contributed by atoms with Gasteiger partial charge in [0.15, 0.2) is 0 Å². The normalized spacial score (nSPS) is 34.9. The SMILES string of the molecule is CC1(C)OCCC12OCCNC2c1cncnc1. The van der Waals surface area contributed by atoms with Crippen LogP contribution in [0.5, 0.6) is 0 Å². The van der Waals surface area contributed by atoms with Crippen molar-refractivity contribution in [3.05, 3.63) is 24.3 Å². The Balaban J connectivity index is 2.01. The van der Waals surface area contributed by atoms with Crippen LogP contribution in [-0.4, -0.2) is 40.9 Å². The van der Waals surface area contributed by atoms with E-state index in [0.29, 0.717) is 0 Å². The molecule has 18 heavy (non-hydrogen) atoms. The summed E-state index contributed by atoms with van der Waals surface area (Å²) in [5.74, 6) is 0. The maximum absolute atomic E-state index is 6.17. The molecule has 2 aliphatic heterocycles. The van der Waals surface area contributed by atoms with Crippen molar-refractivity contribution in [2.45, 2.75) is 37.5 Å². The van der Waals surface area contributed by atoms with Gasteiger partial charge in [-0.05, 0) is 13.8 Å². The summed E-state index contributed by atoms with van der Waals surface area (Å²) in [5, 5.41) is 3.54. The quantitative estimate of drug-likeness (QED) is 0.807. The number of hydrogen-bond acceptors (Lipinski definition) is 5. The lowest BCUT2D eigenvalue weighted by Crippen LogP contribution is -2.60. The molecule has 5 heteroatoms. The molecular formula is C13H19N3O2. The largest absolute Gasteiger partial charge is 0.372 e. The summed E-state index contributed by atoms with van der Waals surface area (Å²) in [6, 6.07) is 0.0879. The van der Waals surface area contributed by atoms with E-state index in [2.05, 4.69) is 29.1 Å². The number of ether oxygens (including phenoxy) is 2. The Hall–Kier alpha value is -1.04. The van der Waals surface area contributed by atoms with E-state index in [4.69, 9.17) is 9.47 Å². The van der Waals surface area contributed by atoms with Gasteiger partial charge >= 0.3 is 0 Å². The minimum Gasteiger partial charge on any atom is -0.372 e. The third-order valence-corrected chi connectivity index (χ3v) is 4.15. The third kappa shape index (κ3) is 1.66. The lowest BCUT2D eigenvalue weighted by Gasteiger charge is -2.48. The van der Waals surface area contributed by atoms with Crippen LogP contribution in [0.2, 0.25) is 0 Å².